The van der Waals surface area contributed by atoms with Crippen molar-refractivity contribution in [2.45, 2.75) is 110 Å². The van der Waals surface area contributed by atoms with Gasteiger partial charge >= 0.3 is 7.12 Å². The number of hydrogen-bond donors (Lipinski definition) is 1. The SMILES string of the molecule is CCCOc1cc(-c2nc(CO)cc(C(CO[Si](C)(C)C(C)(C)C)CB3OC(C)(C)C(C)(C)O3)n2)ccc1OC. The van der Waals surface area contributed by atoms with Gasteiger partial charge in [0.1, 0.15) is 0 Å². The average Bonchev–Trinajstić information content (AvgIpc) is 3.09. The quantitative estimate of drug-likeness (QED) is 0.284. The number of rotatable bonds is 12. The van der Waals surface area contributed by atoms with E-state index in [1.807, 2.05) is 24.3 Å². The van der Waals surface area contributed by atoms with E-state index in [1.54, 1.807) is 7.11 Å². The van der Waals surface area contributed by atoms with E-state index < -0.39 is 26.6 Å². The maximum absolute atomic E-state index is 10.1. The Kier molecular flexibility index (Phi) is 10.2. The summed E-state index contributed by atoms with van der Waals surface area (Å²) >= 11 is 0. The molecule has 0 spiro atoms. The summed E-state index contributed by atoms with van der Waals surface area (Å²) in [5.74, 6) is 1.66. The van der Waals surface area contributed by atoms with Crippen LogP contribution in [0, 0.1) is 0 Å². The minimum absolute atomic E-state index is 0.0625. The van der Waals surface area contributed by atoms with E-state index in [9.17, 15) is 5.11 Å². The molecule has 1 aromatic carbocycles. The van der Waals surface area contributed by atoms with Gasteiger partial charge in [0.25, 0.3) is 0 Å². The predicted octanol–water partition coefficient (Wildman–Crippen LogP) is 6.63. The lowest BCUT2D eigenvalue weighted by atomic mass is 9.76. The number of hydrogen-bond acceptors (Lipinski definition) is 8. The van der Waals surface area contributed by atoms with E-state index in [2.05, 4.69) is 73.5 Å². The second kappa shape index (κ2) is 12.5. The second-order valence-corrected chi connectivity index (χ2v) is 18.0. The van der Waals surface area contributed by atoms with Crippen molar-refractivity contribution in [1.29, 1.82) is 0 Å². The number of methoxy groups -OCH3 is 1. The van der Waals surface area contributed by atoms with Crippen molar-refractivity contribution in [2.75, 3.05) is 20.3 Å². The van der Waals surface area contributed by atoms with Crippen LogP contribution in [0.5, 0.6) is 11.5 Å². The van der Waals surface area contributed by atoms with Crippen LogP contribution in [0.15, 0.2) is 24.3 Å². The Balaban J connectivity index is 2.02. The van der Waals surface area contributed by atoms with E-state index in [-0.39, 0.29) is 17.6 Å². The van der Waals surface area contributed by atoms with Crippen LogP contribution in [0.1, 0.15) is 79.1 Å². The molecule has 1 atom stereocenters. The highest BCUT2D eigenvalue weighted by Gasteiger charge is 2.51. The Bertz CT molecular complexity index is 1140. The summed E-state index contributed by atoms with van der Waals surface area (Å²) in [6.07, 6.45) is 1.44. The molecular weight excluding hydrogens is 523 g/mol. The summed E-state index contributed by atoms with van der Waals surface area (Å²) in [6.45, 7) is 22.3. The fourth-order valence-corrected chi connectivity index (χ4v) is 5.22. The molecule has 2 aromatic rings. The maximum Gasteiger partial charge on any atom is 0.458 e. The molecule has 0 bridgehead atoms. The van der Waals surface area contributed by atoms with Gasteiger partial charge in [-0.25, -0.2) is 9.97 Å². The summed E-state index contributed by atoms with van der Waals surface area (Å²) in [4.78, 5) is 9.67. The summed E-state index contributed by atoms with van der Waals surface area (Å²) in [5, 5.41) is 10.2. The summed E-state index contributed by atoms with van der Waals surface area (Å²) in [6, 6.07) is 7.53. The molecule has 10 heteroatoms. The van der Waals surface area contributed by atoms with Crippen molar-refractivity contribution in [3.8, 4) is 22.9 Å². The molecule has 3 rings (SSSR count). The minimum atomic E-state index is -2.05. The molecule has 2 heterocycles. The third kappa shape index (κ3) is 7.45. The van der Waals surface area contributed by atoms with Crippen LogP contribution in [0.25, 0.3) is 11.4 Å². The zero-order valence-electron chi connectivity index (χ0n) is 26.4. The molecule has 0 aliphatic carbocycles. The molecule has 8 nitrogen and oxygen atoms in total. The van der Waals surface area contributed by atoms with Crippen molar-refractivity contribution in [1.82, 2.24) is 9.97 Å². The van der Waals surface area contributed by atoms with Crippen LogP contribution in [0.3, 0.4) is 0 Å². The van der Waals surface area contributed by atoms with E-state index in [0.717, 1.165) is 17.7 Å². The van der Waals surface area contributed by atoms with Gasteiger partial charge in [-0.1, -0.05) is 27.7 Å². The normalized spacial score (nSPS) is 17.6. The van der Waals surface area contributed by atoms with Crippen molar-refractivity contribution in [3.63, 3.8) is 0 Å². The molecule has 1 saturated heterocycles. The van der Waals surface area contributed by atoms with Crippen LogP contribution in [-0.2, 0) is 20.3 Å². The van der Waals surface area contributed by atoms with Crippen LogP contribution in [-0.4, -0.2) is 62.0 Å². The van der Waals surface area contributed by atoms with Crippen molar-refractivity contribution < 1.29 is 28.3 Å². The number of aliphatic hydroxyl groups is 1. The fourth-order valence-electron chi connectivity index (χ4n) is 4.17. The first-order chi connectivity index (χ1) is 18.5. The highest BCUT2D eigenvalue weighted by atomic mass is 28.4. The molecule has 1 aromatic heterocycles. The average molecular weight is 573 g/mol. The minimum Gasteiger partial charge on any atom is -0.493 e. The molecule has 1 N–H and O–H groups in total. The van der Waals surface area contributed by atoms with E-state index in [1.165, 1.54) is 0 Å². The summed E-state index contributed by atoms with van der Waals surface area (Å²) in [7, 11) is -0.839. The van der Waals surface area contributed by atoms with Crippen LogP contribution < -0.4 is 9.47 Å². The Morgan fingerprint density at radius 2 is 1.68 bits per heavy atom. The number of ether oxygens (including phenoxy) is 2. The lowest BCUT2D eigenvalue weighted by Crippen LogP contribution is -2.42. The van der Waals surface area contributed by atoms with Gasteiger partial charge in [0.05, 0.1) is 37.2 Å². The van der Waals surface area contributed by atoms with Crippen LogP contribution >= 0.6 is 0 Å². The van der Waals surface area contributed by atoms with Gasteiger partial charge in [0.15, 0.2) is 25.6 Å². The Morgan fingerprint density at radius 1 is 1.02 bits per heavy atom. The molecule has 0 radical (unpaired) electrons. The Labute approximate surface area is 242 Å². The van der Waals surface area contributed by atoms with Gasteiger partial charge < -0.3 is 28.3 Å². The fraction of sp³-hybridized carbons (Fsp3) is 0.667. The zero-order chi connectivity index (χ0) is 29.9. The number of benzene rings is 1. The molecule has 40 heavy (non-hydrogen) atoms. The number of aromatic nitrogens is 2. The summed E-state index contributed by atoms with van der Waals surface area (Å²) in [5.41, 5.74) is 1.23. The second-order valence-electron chi connectivity index (χ2n) is 13.2. The molecule has 0 saturated carbocycles. The first-order valence-electron chi connectivity index (χ1n) is 14.3. The molecule has 1 fully saturated rings. The largest absolute Gasteiger partial charge is 0.493 e. The lowest BCUT2D eigenvalue weighted by molar-refractivity contribution is 0.00578. The van der Waals surface area contributed by atoms with Crippen LogP contribution in [0.4, 0.5) is 0 Å². The van der Waals surface area contributed by atoms with Gasteiger partial charge in [-0.15, -0.1) is 0 Å². The Hall–Kier alpha value is -1.98. The van der Waals surface area contributed by atoms with E-state index in [0.29, 0.717) is 42.6 Å². The molecule has 1 aliphatic heterocycles. The summed E-state index contributed by atoms with van der Waals surface area (Å²) < 4.78 is 30.9. The first kappa shape index (κ1) is 32.5. The smallest absolute Gasteiger partial charge is 0.458 e. The van der Waals surface area contributed by atoms with Gasteiger partial charge in [0.2, 0.25) is 0 Å². The standard InChI is InChI=1S/C30H49BN2O6Si/c1-12-15-36-26-16-21(13-14-25(26)35-9)27-32-23(19-34)17-24(33-27)22(20-37-40(10,11)28(2,3)4)18-31-38-29(5,6)30(7,8)39-31/h13-14,16-17,22,34H,12,15,18-20H2,1-11H3. The predicted molar refractivity (Wildman–Crippen MR) is 163 cm³/mol. The third-order valence-electron chi connectivity index (χ3n) is 8.49. The molecular formula is C30H49BN2O6Si. The van der Waals surface area contributed by atoms with Crippen LogP contribution in [0.2, 0.25) is 24.5 Å². The molecule has 1 unspecified atom stereocenters. The van der Waals surface area contributed by atoms with E-state index >= 15 is 0 Å². The van der Waals surface area contributed by atoms with E-state index in [4.69, 9.17) is 28.2 Å². The first-order valence-corrected chi connectivity index (χ1v) is 17.2. The molecule has 0 amide bonds. The zero-order valence-corrected chi connectivity index (χ0v) is 27.4. The van der Waals surface area contributed by atoms with Crippen molar-refractivity contribution in [3.05, 3.63) is 35.7 Å². The molecule has 222 valence electrons. The highest BCUT2D eigenvalue weighted by molar-refractivity contribution is 6.74. The van der Waals surface area contributed by atoms with Gasteiger partial charge in [-0.3, -0.25) is 0 Å². The Morgan fingerprint density at radius 3 is 2.23 bits per heavy atom. The topological polar surface area (TPSA) is 92.2 Å². The monoisotopic (exact) mass is 572 g/mol. The third-order valence-corrected chi connectivity index (χ3v) is 13.0. The molecule has 1 aliphatic rings. The maximum atomic E-state index is 10.1. The van der Waals surface area contributed by atoms with Crippen molar-refractivity contribution >= 4 is 15.4 Å². The number of aliphatic hydroxyl groups excluding tert-OH is 1. The number of nitrogens with zero attached hydrogens (tertiary/aromatic N) is 2. The van der Waals surface area contributed by atoms with Gasteiger partial charge in [-0.2, -0.15) is 0 Å². The lowest BCUT2D eigenvalue weighted by Gasteiger charge is -2.37. The van der Waals surface area contributed by atoms with Gasteiger partial charge in [0, 0.05) is 23.8 Å². The van der Waals surface area contributed by atoms with Gasteiger partial charge in [-0.05, 0) is 82.8 Å². The van der Waals surface area contributed by atoms with Crippen molar-refractivity contribution in [2.24, 2.45) is 0 Å². The highest BCUT2D eigenvalue weighted by Crippen LogP contribution is 2.42.